The van der Waals surface area contributed by atoms with E-state index in [0.29, 0.717) is 5.92 Å². The largest absolute Gasteiger partial charge is 0.288 e. The molecule has 0 saturated carbocycles. The summed E-state index contributed by atoms with van der Waals surface area (Å²) in [5.41, 5.74) is 3.97. The Hall–Kier alpha value is -1.02. The van der Waals surface area contributed by atoms with E-state index in [1.54, 1.807) is 0 Å². The molecule has 1 aromatic carbocycles. The molecule has 0 atom stereocenters. The van der Waals surface area contributed by atoms with Gasteiger partial charge in [-0.25, -0.2) is 0 Å². The van der Waals surface area contributed by atoms with Gasteiger partial charge in [0, 0.05) is 29.2 Å². The number of hydrogen-bond acceptors (Lipinski definition) is 2. The van der Waals surface area contributed by atoms with E-state index >= 15 is 0 Å². The highest BCUT2D eigenvalue weighted by atomic mass is 32.2. The first-order valence-corrected chi connectivity index (χ1v) is 7.31. The van der Waals surface area contributed by atoms with Crippen LogP contribution in [-0.2, 0) is 0 Å². The SMILES string of the molecule is CSC1=C(c2ccccc2)C(=NCC(C)C)C1. The van der Waals surface area contributed by atoms with Crippen LogP contribution in [0.5, 0.6) is 0 Å². The lowest BCUT2D eigenvalue weighted by Gasteiger charge is -2.25. The molecule has 0 amide bonds. The third-order valence-corrected chi connectivity index (χ3v) is 3.69. The van der Waals surface area contributed by atoms with Crippen LogP contribution in [0.3, 0.4) is 0 Å². The van der Waals surface area contributed by atoms with Crippen molar-refractivity contribution in [2.75, 3.05) is 12.8 Å². The zero-order valence-electron chi connectivity index (χ0n) is 10.7. The minimum absolute atomic E-state index is 0.637. The van der Waals surface area contributed by atoms with E-state index in [-0.39, 0.29) is 0 Å². The molecule has 1 aliphatic carbocycles. The molecule has 0 saturated heterocycles. The monoisotopic (exact) mass is 245 g/mol. The molecule has 0 N–H and O–H groups in total. The summed E-state index contributed by atoms with van der Waals surface area (Å²) in [5.74, 6) is 0.637. The number of rotatable bonds is 4. The van der Waals surface area contributed by atoms with E-state index in [9.17, 15) is 0 Å². The van der Waals surface area contributed by atoms with Gasteiger partial charge in [-0.15, -0.1) is 11.8 Å². The van der Waals surface area contributed by atoms with Gasteiger partial charge in [-0.05, 0) is 17.7 Å². The van der Waals surface area contributed by atoms with E-state index < -0.39 is 0 Å². The molecule has 0 spiro atoms. The third kappa shape index (κ3) is 2.81. The van der Waals surface area contributed by atoms with Crippen molar-refractivity contribution in [3.05, 3.63) is 40.8 Å². The van der Waals surface area contributed by atoms with Gasteiger partial charge in [0.05, 0.1) is 0 Å². The second kappa shape index (κ2) is 5.54. The van der Waals surface area contributed by atoms with Crippen molar-refractivity contribution in [2.24, 2.45) is 10.9 Å². The fraction of sp³-hybridized carbons (Fsp3) is 0.400. The summed E-state index contributed by atoms with van der Waals surface area (Å²) in [6.45, 7) is 5.36. The zero-order valence-corrected chi connectivity index (χ0v) is 11.6. The van der Waals surface area contributed by atoms with Crippen molar-refractivity contribution < 1.29 is 0 Å². The van der Waals surface area contributed by atoms with Crippen molar-refractivity contribution in [1.29, 1.82) is 0 Å². The summed E-state index contributed by atoms with van der Waals surface area (Å²) in [6, 6.07) is 10.6. The maximum atomic E-state index is 4.73. The second-order valence-corrected chi connectivity index (χ2v) is 5.63. The molecule has 0 radical (unpaired) electrons. The fourth-order valence-electron chi connectivity index (χ4n) is 1.92. The van der Waals surface area contributed by atoms with Crippen molar-refractivity contribution >= 4 is 23.0 Å². The molecule has 1 aromatic rings. The average Bonchev–Trinajstić information content (AvgIpc) is 2.29. The average molecular weight is 245 g/mol. The van der Waals surface area contributed by atoms with Gasteiger partial charge in [-0.1, -0.05) is 44.2 Å². The minimum atomic E-state index is 0.637. The van der Waals surface area contributed by atoms with Gasteiger partial charge in [-0.3, -0.25) is 4.99 Å². The standard InChI is InChI=1S/C15H19NS/c1-11(2)10-16-13-9-14(17-3)15(13)12-7-5-4-6-8-12/h4-8,11H,9-10H2,1-3H3. The lowest BCUT2D eigenvalue weighted by Crippen LogP contribution is -2.17. The molecule has 17 heavy (non-hydrogen) atoms. The zero-order chi connectivity index (χ0) is 12.3. The predicted octanol–water partition coefficient (Wildman–Crippen LogP) is 4.26. The summed E-state index contributed by atoms with van der Waals surface area (Å²) < 4.78 is 0. The van der Waals surface area contributed by atoms with Crippen molar-refractivity contribution in [1.82, 2.24) is 0 Å². The van der Waals surface area contributed by atoms with E-state index in [4.69, 9.17) is 4.99 Å². The Kier molecular flexibility index (Phi) is 4.06. The molecule has 0 aromatic heterocycles. The van der Waals surface area contributed by atoms with Crippen LogP contribution >= 0.6 is 11.8 Å². The number of nitrogens with zero attached hydrogens (tertiary/aromatic N) is 1. The number of aliphatic imine (C=N–C) groups is 1. The Balaban J connectivity index is 2.25. The van der Waals surface area contributed by atoms with Crippen LogP contribution in [0, 0.1) is 5.92 Å². The van der Waals surface area contributed by atoms with Crippen molar-refractivity contribution in [2.45, 2.75) is 20.3 Å². The molecular weight excluding hydrogens is 226 g/mol. The maximum absolute atomic E-state index is 4.73. The number of thioether (sulfide) groups is 1. The van der Waals surface area contributed by atoms with Crippen molar-refractivity contribution in [3.63, 3.8) is 0 Å². The van der Waals surface area contributed by atoms with Gasteiger partial charge in [0.2, 0.25) is 0 Å². The van der Waals surface area contributed by atoms with Gasteiger partial charge in [0.1, 0.15) is 0 Å². The molecule has 1 nitrogen and oxygen atoms in total. The van der Waals surface area contributed by atoms with Crippen LogP contribution < -0.4 is 0 Å². The van der Waals surface area contributed by atoms with Gasteiger partial charge in [-0.2, -0.15) is 0 Å². The number of hydrogen-bond donors (Lipinski definition) is 0. The second-order valence-electron chi connectivity index (χ2n) is 4.73. The highest BCUT2D eigenvalue weighted by molar-refractivity contribution is 8.02. The summed E-state index contributed by atoms with van der Waals surface area (Å²) in [6.07, 6.45) is 3.20. The summed E-state index contributed by atoms with van der Waals surface area (Å²) in [7, 11) is 0. The Labute approximate surface area is 108 Å². The molecule has 90 valence electrons. The van der Waals surface area contributed by atoms with Gasteiger partial charge >= 0.3 is 0 Å². The van der Waals surface area contributed by atoms with Crippen LogP contribution in [0.2, 0.25) is 0 Å². The normalized spacial score (nSPS) is 17.8. The molecular formula is C15H19NS. The Morgan fingerprint density at radius 3 is 2.53 bits per heavy atom. The fourth-order valence-corrected chi connectivity index (χ4v) is 2.64. The molecule has 0 unspecified atom stereocenters. The van der Waals surface area contributed by atoms with Crippen LogP contribution in [0.1, 0.15) is 25.8 Å². The Morgan fingerprint density at radius 1 is 1.24 bits per heavy atom. The molecule has 2 heteroatoms. The topological polar surface area (TPSA) is 12.4 Å². The van der Waals surface area contributed by atoms with E-state index in [1.165, 1.54) is 21.8 Å². The first kappa shape index (κ1) is 12.4. The minimum Gasteiger partial charge on any atom is -0.288 e. The van der Waals surface area contributed by atoms with E-state index in [0.717, 1.165) is 13.0 Å². The van der Waals surface area contributed by atoms with Crippen LogP contribution in [0.4, 0.5) is 0 Å². The van der Waals surface area contributed by atoms with E-state index in [1.807, 2.05) is 11.8 Å². The van der Waals surface area contributed by atoms with Gasteiger partial charge in [0.15, 0.2) is 0 Å². The van der Waals surface area contributed by atoms with Crippen molar-refractivity contribution in [3.8, 4) is 0 Å². The smallest absolute Gasteiger partial charge is 0.0484 e. The first-order valence-electron chi connectivity index (χ1n) is 6.08. The third-order valence-electron chi connectivity index (χ3n) is 2.85. The Bertz CT molecular complexity index is 443. The quantitative estimate of drug-likeness (QED) is 0.772. The number of allylic oxidation sites excluding steroid dienone is 2. The van der Waals surface area contributed by atoms with Gasteiger partial charge in [0.25, 0.3) is 0 Å². The van der Waals surface area contributed by atoms with Crippen LogP contribution in [0.25, 0.3) is 5.57 Å². The lowest BCUT2D eigenvalue weighted by atomic mass is 9.89. The maximum Gasteiger partial charge on any atom is 0.0484 e. The molecule has 2 rings (SSSR count). The summed E-state index contributed by atoms with van der Waals surface area (Å²) in [4.78, 5) is 6.20. The van der Waals surface area contributed by atoms with Crippen LogP contribution in [-0.4, -0.2) is 18.5 Å². The highest BCUT2D eigenvalue weighted by Crippen LogP contribution is 2.39. The molecule has 0 fully saturated rings. The van der Waals surface area contributed by atoms with E-state index in [2.05, 4.69) is 50.4 Å². The predicted molar refractivity (Wildman–Crippen MR) is 78.6 cm³/mol. The lowest BCUT2D eigenvalue weighted by molar-refractivity contribution is 0.665. The highest BCUT2D eigenvalue weighted by Gasteiger charge is 2.25. The summed E-state index contributed by atoms with van der Waals surface area (Å²) in [5, 5.41) is 0. The Morgan fingerprint density at radius 2 is 1.94 bits per heavy atom. The number of benzene rings is 1. The molecule has 1 aliphatic rings. The van der Waals surface area contributed by atoms with Crippen LogP contribution in [0.15, 0.2) is 40.2 Å². The van der Waals surface area contributed by atoms with Gasteiger partial charge < -0.3 is 0 Å². The summed E-state index contributed by atoms with van der Waals surface area (Å²) >= 11 is 1.85. The first-order chi connectivity index (χ1) is 8.22. The molecule has 0 aliphatic heterocycles. The molecule has 0 bridgehead atoms. The molecule has 0 heterocycles.